The molecule has 4 rings (SSSR count). The average Bonchev–Trinajstić information content (AvgIpc) is 3.21. The van der Waals surface area contributed by atoms with Gasteiger partial charge in [-0.3, -0.25) is 4.79 Å². The Morgan fingerprint density at radius 1 is 1.10 bits per heavy atom. The molecule has 0 bridgehead atoms. The molecular formula is C33H52O5Si. The zero-order valence-corrected chi connectivity index (χ0v) is 26.6. The molecule has 1 aromatic rings. The normalized spacial score (nSPS) is 24.5. The van der Waals surface area contributed by atoms with Crippen molar-refractivity contribution in [3.05, 3.63) is 40.5 Å². The Morgan fingerprint density at radius 2 is 1.90 bits per heavy atom. The molecule has 0 radical (unpaired) electrons. The number of allylic oxidation sites excluding steroid dienone is 1. The molecule has 39 heavy (non-hydrogen) atoms. The molecule has 4 atom stereocenters. The van der Waals surface area contributed by atoms with E-state index in [4.69, 9.17) is 18.6 Å². The van der Waals surface area contributed by atoms with E-state index in [9.17, 15) is 4.79 Å². The van der Waals surface area contributed by atoms with Crippen molar-refractivity contribution in [2.45, 2.75) is 135 Å². The zero-order valence-electron chi connectivity index (χ0n) is 25.6. The minimum atomic E-state index is -2.12. The highest BCUT2D eigenvalue weighted by atomic mass is 28.4. The molecular weight excluding hydrogens is 504 g/mol. The number of methoxy groups -OCH3 is 1. The van der Waals surface area contributed by atoms with Crippen LogP contribution in [0.15, 0.2) is 29.3 Å². The van der Waals surface area contributed by atoms with Gasteiger partial charge in [0.2, 0.25) is 0 Å². The SMILES string of the molecule is CCCCCC(CCC1=C2C(CC1=O)Cc1c(OC)cccc1C2O[Si](C)(C)C(C)(C)C)OC1CCCCO1. The van der Waals surface area contributed by atoms with E-state index in [0.717, 1.165) is 69.3 Å². The van der Waals surface area contributed by atoms with Gasteiger partial charge in [-0.05, 0) is 91.8 Å². The second-order valence-electron chi connectivity index (χ2n) is 13.3. The van der Waals surface area contributed by atoms with Crippen LogP contribution >= 0.6 is 0 Å². The Hall–Kier alpha value is -1.47. The number of rotatable bonds is 12. The van der Waals surface area contributed by atoms with Gasteiger partial charge in [0.15, 0.2) is 20.4 Å². The lowest BCUT2D eigenvalue weighted by Gasteiger charge is -2.43. The first kappa shape index (κ1) is 30.5. The number of benzene rings is 1. The number of ether oxygens (including phenoxy) is 3. The molecule has 3 aliphatic rings. The fourth-order valence-electron chi connectivity index (χ4n) is 6.19. The monoisotopic (exact) mass is 556 g/mol. The van der Waals surface area contributed by atoms with Crippen LogP contribution in [0.3, 0.4) is 0 Å². The summed E-state index contributed by atoms with van der Waals surface area (Å²) in [4.78, 5) is 13.6. The van der Waals surface area contributed by atoms with Crippen molar-refractivity contribution in [3.8, 4) is 5.75 Å². The zero-order chi connectivity index (χ0) is 28.2. The van der Waals surface area contributed by atoms with Crippen LogP contribution in [0.2, 0.25) is 18.1 Å². The quantitative estimate of drug-likeness (QED) is 0.191. The molecule has 0 N–H and O–H groups in total. The molecule has 6 heteroatoms. The van der Waals surface area contributed by atoms with Crippen molar-refractivity contribution in [3.63, 3.8) is 0 Å². The summed E-state index contributed by atoms with van der Waals surface area (Å²) in [6.45, 7) is 14.5. The maximum atomic E-state index is 13.6. The minimum absolute atomic E-state index is 0.0700. The third-order valence-electron chi connectivity index (χ3n) is 9.51. The molecule has 0 aromatic heterocycles. The summed E-state index contributed by atoms with van der Waals surface area (Å²) < 4.78 is 25.4. The number of carbonyl (C=O) groups is 1. The maximum Gasteiger partial charge on any atom is 0.193 e. The van der Waals surface area contributed by atoms with Crippen LogP contribution in [0.4, 0.5) is 0 Å². The highest BCUT2D eigenvalue weighted by molar-refractivity contribution is 6.74. The molecule has 2 aliphatic carbocycles. The van der Waals surface area contributed by atoms with Crippen molar-refractivity contribution < 1.29 is 23.4 Å². The summed E-state index contributed by atoms with van der Waals surface area (Å²) in [7, 11) is -0.383. The molecule has 1 aromatic carbocycles. The fourth-order valence-corrected chi connectivity index (χ4v) is 7.39. The van der Waals surface area contributed by atoms with Crippen LogP contribution in [-0.4, -0.2) is 40.2 Å². The molecule has 1 fully saturated rings. The fraction of sp³-hybridized carbons (Fsp3) is 0.727. The summed E-state index contributed by atoms with van der Waals surface area (Å²) in [5.41, 5.74) is 4.64. The molecule has 5 nitrogen and oxygen atoms in total. The largest absolute Gasteiger partial charge is 0.496 e. The van der Waals surface area contributed by atoms with Gasteiger partial charge in [-0.15, -0.1) is 0 Å². The van der Waals surface area contributed by atoms with Gasteiger partial charge in [-0.2, -0.15) is 0 Å². The van der Waals surface area contributed by atoms with Gasteiger partial charge in [0.1, 0.15) is 5.75 Å². The standard InChI is InChI=1S/C33H52O5Si/c1-8-9-10-14-24(37-30-17-11-12-20-36-30)18-19-26-28(34)22-23-21-27-25(15-13-16-29(27)35-5)32(31(23)26)38-39(6,7)33(2,3)4/h13,15-16,23-24,30,32H,8-12,14,17-22H2,1-7H3. The molecule has 1 saturated heterocycles. The van der Waals surface area contributed by atoms with Crippen molar-refractivity contribution in [2.75, 3.05) is 13.7 Å². The number of carbonyl (C=O) groups excluding carboxylic acids is 1. The molecule has 1 heterocycles. The van der Waals surface area contributed by atoms with Crippen LogP contribution in [0.25, 0.3) is 0 Å². The Morgan fingerprint density at radius 3 is 2.56 bits per heavy atom. The summed E-state index contributed by atoms with van der Waals surface area (Å²) in [6.07, 6.45) is 10.7. The first-order valence-corrected chi connectivity index (χ1v) is 18.3. The first-order valence-electron chi connectivity index (χ1n) is 15.4. The lowest BCUT2D eigenvalue weighted by Crippen LogP contribution is -2.43. The Kier molecular flexibility index (Phi) is 10.2. The molecule has 0 amide bonds. The highest BCUT2D eigenvalue weighted by Crippen LogP contribution is 2.52. The van der Waals surface area contributed by atoms with E-state index in [1.807, 2.05) is 6.07 Å². The van der Waals surface area contributed by atoms with E-state index in [1.165, 1.54) is 29.5 Å². The van der Waals surface area contributed by atoms with E-state index in [-0.39, 0.29) is 29.5 Å². The van der Waals surface area contributed by atoms with E-state index in [0.29, 0.717) is 12.2 Å². The van der Waals surface area contributed by atoms with Gasteiger partial charge in [0.05, 0.1) is 19.3 Å². The van der Waals surface area contributed by atoms with Gasteiger partial charge in [-0.1, -0.05) is 59.1 Å². The Balaban J connectivity index is 1.64. The van der Waals surface area contributed by atoms with E-state index >= 15 is 0 Å². The lowest BCUT2D eigenvalue weighted by atomic mass is 9.78. The molecule has 0 spiro atoms. The first-order chi connectivity index (χ1) is 18.6. The molecule has 0 saturated carbocycles. The summed E-state index contributed by atoms with van der Waals surface area (Å²) in [5.74, 6) is 1.40. The van der Waals surface area contributed by atoms with Crippen LogP contribution in [0.1, 0.15) is 109 Å². The van der Waals surface area contributed by atoms with Crippen molar-refractivity contribution in [1.29, 1.82) is 0 Å². The smallest absolute Gasteiger partial charge is 0.193 e. The van der Waals surface area contributed by atoms with Crippen molar-refractivity contribution in [1.82, 2.24) is 0 Å². The predicted octanol–water partition coefficient (Wildman–Crippen LogP) is 8.47. The Bertz CT molecular complexity index is 1020. The van der Waals surface area contributed by atoms with Gasteiger partial charge >= 0.3 is 0 Å². The van der Waals surface area contributed by atoms with Crippen molar-refractivity contribution in [2.24, 2.45) is 5.92 Å². The van der Waals surface area contributed by atoms with Crippen LogP contribution in [-0.2, 0) is 25.1 Å². The summed E-state index contributed by atoms with van der Waals surface area (Å²) in [5, 5.41) is 0.0700. The molecule has 4 unspecified atom stereocenters. The third kappa shape index (κ3) is 7.06. The highest BCUT2D eigenvalue weighted by Gasteiger charge is 2.47. The molecule has 218 valence electrons. The maximum absolute atomic E-state index is 13.6. The average molecular weight is 557 g/mol. The minimum Gasteiger partial charge on any atom is -0.496 e. The van der Waals surface area contributed by atoms with Crippen LogP contribution < -0.4 is 4.74 Å². The summed E-state index contributed by atoms with van der Waals surface area (Å²) >= 11 is 0. The number of fused-ring (bicyclic) bond motifs is 2. The number of hydrogen-bond acceptors (Lipinski definition) is 5. The van der Waals surface area contributed by atoms with E-state index in [2.05, 4.69) is 52.9 Å². The number of hydrogen-bond donors (Lipinski definition) is 0. The molecule has 1 aliphatic heterocycles. The van der Waals surface area contributed by atoms with Gasteiger partial charge in [-0.25, -0.2) is 0 Å². The third-order valence-corrected chi connectivity index (χ3v) is 13.9. The number of unbranched alkanes of at least 4 members (excludes halogenated alkanes) is 2. The van der Waals surface area contributed by atoms with Gasteiger partial charge in [0, 0.05) is 18.6 Å². The van der Waals surface area contributed by atoms with E-state index < -0.39 is 8.32 Å². The van der Waals surface area contributed by atoms with Crippen LogP contribution in [0.5, 0.6) is 5.75 Å². The second kappa shape index (κ2) is 13.0. The topological polar surface area (TPSA) is 54.0 Å². The van der Waals surface area contributed by atoms with Crippen LogP contribution in [0, 0.1) is 5.92 Å². The van der Waals surface area contributed by atoms with Gasteiger partial charge in [0.25, 0.3) is 0 Å². The Labute approximate surface area is 238 Å². The second-order valence-corrected chi connectivity index (χ2v) is 18.1. The number of Topliss-reactive ketones (excluding diaryl/α,β-unsaturated/α-hetero) is 1. The number of ketones is 1. The van der Waals surface area contributed by atoms with Crippen molar-refractivity contribution >= 4 is 14.1 Å². The summed E-state index contributed by atoms with van der Waals surface area (Å²) in [6, 6.07) is 6.30. The van der Waals surface area contributed by atoms with E-state index in [1.54, 1.807) is 7.11 Å². The van der Waals surface area contributed by atoms with Gasteiger partial charge < -0.3 is 18.6 Å². The predicted molar refractivity (Wildman–Crippen MR) is 160 cm³/mol. The lowest BCUT2D eigenvalue weighted by molar-refractivity contribution is -0.190.